The van der Waals surface area contributed by atoms with Crippen LogP contribution in [0.1, 0.15) is 6.42 Å². The summed E-state index contributed by atoms with van der Waals surface area (Å²) in [4.78, 5) is 8.57. The first-order valence-electron chi connectivity index (χ1n) is 5.60. The van der Waals surface area contributed by atoms with E-state index < -0.39 is 0 Å². The van der Waals surface area contributed by atoms with Crippen molar-refractivity contribution in [2.45, 2.75) is 12.5 Å². The van der Waals surface area contributed by atoms with Gasteiger partial charge in [-0.25, -0.2) is 9.97 Å². The first-order valence-corrected chi connectivity index (χ1v) is 5.60. The third-order valence-electron chi connectivity index (χ3n) is 2.94. The van der Waals surface area contributed by atoms with E-state index in [2.05, 4.69) is 26.7 Å². The SMILES string of the molecule is c1ccc2c(NC3CCNC3)ncnc2c1. The second kappa shape index (κ2) is 4.06. The van der Waals surface area contributed by atoms with E-state index in [1.165, 1.54) is 0 Å². The molecule has 1 aromatic carbocycles. The van der Waals surface area contributed by atoms with Gasteiger partial charge in [0.1, 0.15) is 12.1 Å². The van der Waals surface area contributed by atoms with E-state index >= 15 is 0 Å². The fourth-order valence-electron chi connectivity index (χ4n) is 2.09. The summed E-state index contributed by atoms with van der Waals surface area (Å²) in [5.74, 6) is 0.944. The van der Waals surface area contributed by atoms with E-state index in [0.29, 0.717) is 6.04 Å². The number of hydrogen-bond acceptors (Lipinski definition) is 4. The van der Waals surface area contributed by atoms with Gasteiger partial charge in [0, 0.05) is 18.0 Å². The molecule has 1 aliphatic heterocycles. The fourth-order valence-corrected chi connectivity index (χ4v) is 2.09. The number of aromatic nitrogens is 2. The topological polar surface area (TPSA) is 49.8 Å². The minimum Gasteiger partial charge on any atom is -0.365 e. The standard InChI is InChI=1S/C12H14N4/c1-2-4-11-10(3-1)12(15-8-14-11)16-9-5-6-13-7-9/h1-4,8-9,13H,5-7H2,(H,14,15,16). The number of hydrogen-bond donors (Lipinski definition) is 2. The lowest BCUT2D eigenvalue weighted by molar-refractivity contribution is 0.789. The molecule has 2 aromatic rings. The van der Waals surface area contributed by atoms with Crippen LogP contribution in [0.5, 0.6) is 0 Å². The molecule has 0 aliphatic carbocycles. The molecular weight excluding hydrogens is 200 g/mol. The van der Waals surface area contributed by atoms with Gasteiger partial charge in [0.2, 0.25) is 0 Å². The minimum atomic E-state index is 0.485. The Morgan fingerprint density at radius 3 is 3.06 bits per heavy atom. The second-order valence-corrected chi connectivity index (χ2v) is 4.07. The molecule has 1 aromatic heterocycles. The highest BCUT2D eigenvalue weighted by atomic mass is 15.1. The van der Waals surface area contributed by atoms with Gasteiger partial charge in [0.05, 0.1) is 5.52 Å². The van der Waals surface area contributed by atoms with Gasteiger partial charge in [-0.1, -0.05) is 12.1 Å². The van der Waals surface area contributed by atoms with Crippen molar-refractivity contribution in [2.75, 3.05) is 18.4 Å². The molecule has 3 rings (SSSR count). The van der Waals surface area contributed by atoms with Crippen LogP contribution < -0.4 is 10.6 Å². The first-order chi connectivity index (χ1) is 7.93. The predicted octanol–water partition coefficient (Wildman–Crippen LogP) is 1.40. The first kappa shape index (κ1) is 9.54. The summed E-state index contributed by atoms with van der Waals surface area (Å²) in [6.07, 6.45) is 2.77. The zero-order valence-electron chi connectivity index (χ0n) is 8.98. The van der Waals surface area contributed by atoms with Gasteiger partial charge in [0.15, 0.2) is 0 Å². The highest BCUT2D eigenvalue weighted by molar-refractivity contribution is 5.88. The fraction of sp³-hybridized carbons (Fsp3) is 0.333. The Bertz CT molecular complexity index is 486. The van der Waals surface area contributed by atoms with Crippen LogP contribution in [0.3, 0.4) is 0 Å². The Hall–Kier alpha value is -1.68. The summed E-state index contributed by atoms with van der Waals surface area (Å²) in [5.41, 5.74) is 0.992. The second-order valence-electron chi connectivity index (χ2n) is 4.07. The number of nitrogens with one attached hydrogen (secondary N) is 2. The van der Waals surface area contributed by atoms with Crippen molar-refractivity contribution in [3.05, 3.63) is 30.6 Å². The van der Waals surface area contributed by atoms with Gasteiger partial charge in [0.25, 0.3) is 0 Å². The Morgan fingerprint density at radius 2 is 2.19 bits per heavy atom. The van der Waals surface area contributed by atoms with Crippen LogP contribution in [-0.2, 0) is 0 Å². The molecule has 0 radical (unpaired) electrons. The molecule has 1 aliphatic rings. The van der Waals surface area contributed by atoms with Crippen molar-refractivity contribution in [3.63, 3.8) is 0 Å². The molecule has 82 valence electrons. The molecule has 2 heterocycles. The van der Waals surface area contributed by atoms with Crippen molar-refractivity contribution in [1.29, 1.82) is 0 Å². The smallest absolute Gasteiger partial charge is 0.137 e. The maximum Gasteiger partial charge on any atom is 0.137 e. The Kier molecular flexibility index (Phi) is 2.42. The monoisotopic (exact) mass is 214 g/mol. The molecule has 4 heteroatoms. The molecule has 4 nitrogen and oxygen atoms in total. The molecule has 1 atom stereocenters. The lowest BCUT2D eigenvalue weighted by atomic mass is 10.2. The summed E-state index contributed by atoms with van der Waals surface area (Å²) < 4.78 is 0. The van der Waals surface area contributed by atoms with E-state index in [4.69, 9.17) is 0 Å². The van der Waals surface area contributed by atoms with Gasteiger partial charge in [-0.3, -0.25) is 0 Å². The number of para-hydroxylation sites is 1. The predicted molar refractivity (Wildman–Crippen MR) is 64.4 cm³/mol. The number of fused-ring (bicyclic) bond motifs is 1. The molecule has 0 saturated carbocycles. The molecular formula is C12H14N4. The summed E-state index contributed by atoms with van der Waals surface area (Å²) >= 11 is 0. The van der Waals surface area contributed by atoms with Gasteiger partial charge < -0.3 is 10.6 Å². The Morgan fingerprint density at radius 1 is 1.25 bits per heavy atom. The lowest BCUT2D eigenvalue weighted by Gasteiger charge is -2.13. The van der Waals surface area contributed by atoms with Gasteiger partial charge in [-0.15, -0.1) is 0 Å². The van der Waals surface area contributed by atoms with Crippen molar-refractivity contribution in [3.8, 4) is 0 Å². The van der Waals surface area contributed by atoms with E-state index in [-0.39, 0.29) is 0 Å². The van der Waals surface area contributed by atoms with Crippen molar-refractivity contribution >= 4 is 16.7 Å². The van der Waals surface area contributed by atoms with Crippen molar-refractivity contribution in [1.82, 2.24) is 15.3 Å². The minimum absolute atomic E-state index is 0.485. The van der Waals surface area contributed by atoms with Gasteiger partial charge in [-0.2, -0.15) is 0 Å². The van der Waals surface area contributed by atoms with Crippen LogP contribution in [0.4, 0.5) is 5.82 Å². The van der Waals surface area contributed by atoms with Crippen molar-refractivity contribution in [2.24, 2.45) is 0 Å². The quantitative estimate of drug-likeness (QED) is 0.793. The highest BCUT2D eigenvalue weighted by Gasteiger charge is 2.15. The van der Waals surface area contributed by atoms with E-state index in [9.17, 15) is 0 Å². The average molecular weight is 214 g/mol. The summed E-state index contributed by atoms with van der Waals surface area (Å²) in [7, 11) is 0. The maximum atomic E-state index is 4.32. The van der Waals surface area contributed by atoms with Crippen LogP contribution in [-0.4, -0.2) is 29.1 Å². The molecule has 1 unspecified atom stereocenters. The number of rotatable bonds is 2. The number of anilines is 1. The van der Waals surface area contributed by atoms with Gasteiger partial charge in [-0.05, 0) is 25.1 Å². The molecule has 1 saturated heterocycles. The van der Waals surface area contributed by atoms with E-state index in [0.717, 1.165) is 36.2 Å². The average Bonchev–Trinajstić information content (AvgIpc) is 2.82. The van der Waals surface area contributed by atoms with Crippen LogP contribution in [0.25, 0.3) is 10.9 Å². The highest BCUT2D eigenvalue weighted by Crippen LogP contribution is 2.19. The third-order valence-corrected chi connectivity index (χ3v) is 2.94. The van der Waals surface area contributed by atoms with E-state index in [1.807, 2.05) is 18.2 Å². The molecule has 1 fully saturated rings. The van der Waals surface area contributed by atoms with Gasteiger partial charge >= 0.3 is 0 Å². The zero-order valence-corrected chi connectivity index (χ0v) is 8.98. The number of nitrogens with zero attached hydrogens (tertiary/aromatic N) is 2. The lowest BCUT2D eigenvalue weighted by Crippen LogP contribution is -2.22. The van der Waals surface area contributed by atoms with Crippen LogP contribution >= 0.6 is 0 Å². The third kappa shape index (κ3) is 1.72. The molecule has 0 bridgehead atoms. The summed E-state index contributed by atoms with van der Waals surface area (Å²) in [6, 6.07) is 8.56. The normalized spacial score (nSPS) is 20.1. The zero-order chi connectivity index (χ0) is 10.8. The summed E-state index contributed by atoms with van der Waals surface area (Å²) in [6.45, 7) is 2.10. The molecule has 0 spiro atoms. The Balaban J connectivity index is 1.96. The largest absolute Gasteiger partial charge is 0.365 e. The van der Waals surface area contributed by atoms with Crippen LogP contribution in [0.15, 0.2) is 30.6 Å². The maximum absolute atomic E-state index is 4.32. The van der Waals surface area contributed by atoms with E-state index in [1.54, 1.807) is 6.33 Å². The molecule has 0 amide bonds. The number of benzene rings is 1. The molecule has 16 heavy (non-hydrogen) atoms. The van der Waals surface area contributed by atoms with Crippen LogP contribution in [0, 0.1) is 0 Å². The Labute approximate surface area is 94.1 Å². The van der Waals surface area contributed by atoms with Crippen molar-refractivity contribution < 1.29 is 0 Å². The van der Waals surface area contributed by atoms with Crippen LogP contribution in [0.2, 0.25) is 0 Å². The molecule has 2 N–H and O–H groups in total. The summed E-state index contributed by atoms with van der Waals surface area (Å²) in [5, 5.41) is 7.90.